The number of thioether (sulfide) groups is 1. The molecule has 2 amide bonds. The van der Waals surface area contributed by atoms with E-state index in [2.05, 4.69) is 15.6 Å². The van der Waals surface area contributed by atoms with Gasteiger partial charge in [-0.3, -0.25) is 14.4 Å². The molecule has 9 heteroatoms. The lowest BCUT2D eigenvalue weighted by atomic mass is 10.1. The Morgan fingerprint density at radius 1 is 1.38 bits per heavy atom. The molecular weight excluding hydrogens is 410 g/mol. The number of amides is 2. The van der Waals surface area contributed by atoms with Crippen LogP contribution >= 0.6 is 23.1 Å². The number of carbonyl (C=O) groups excluding carboxylic acids is 3. The molecule has 0 saturated carbocycles. The lowest BCUT2D eigenvalue weighted by Gasteiger charge is -2.16. The zero-order chi connectivity index (χ0) is 21.1. The van der Waals surface area contributed by atoms with E-state index >= 15 is 0 Å². The number of hydrogen-bond acceptors (Lipinski definition) is 7. The lowest BCUT2D eigenvalue weighted by Crippen LogP contribution is -2.41. The molecule has 1 unspecified atom stereocenters. The summed E-state index contributed by atoms with van der Waals surface area (Å²) in [7, 11) is 0. The Bertz CT molecular complexity index is 831. The standard InChI is InChI=1S/C20H25N3O4S2/c1-3-4-7-17(18(25)13-28-12-16-6-5-10-27-16)23-19(26)9-8-15-11-29-20(22-15)21-14(2)24/h5-6,8-11,17H,3-4,7,12-13H2,1-2H3,(H,23,26)(H,21,22,24). The molecule has 7 nitrogen and oxygen atoms in total. The van der Waals surface area contributed by atoms with Gasteiger partial charge in [-0.05, 0) is 24.6 Å². The van der Waals surface area contributed by atoms with Crippen LogP contribution < -0.4 is 10.6 Å². The van der Waals surface area contributed by atoms with E-state index in [9.17, 15) is 14.4 Å². The number of aromatic nitrogens is 1. The van der Waals surface area contributed by atoms with Crippen molar-refractivity contribution < 1.29 is 18.8 Å². The fourth-order valence-corrected chi connectivity index (χ4v) is 4.02. The first-order valence-corrected chi connectivity index (χ1v) is 11.4. The molecule has 0 aliphatic heterocycles. The van der Waals surface area contributed by atoms with Crippen LogP contribution in [-0.2, 0) is 20.1 Å². The molecule has 0 saturated heterocycles. The molecule has 2 heterocycles. The number of Topliss-reactive ketones (excluding diaryl/α,β-unsaturated/α-hetero) is 1. The van der Waals surface area contributed by atoms with Crippen molar-refractivity contribution in [1.29, 1.82) is 0 Å². The third-order valence-electron chi connectivity index (χ3n) is 3.83. The number of anilines is 1. The molecular formula is C20H25N3O4S2. The fraction of sp³-hybridized carbons (Fsp3) is 0.400. The first-order valence-electron chi connectivity index (χ1n) is 9.32. The number of furan rings is 1. The molecule has 0 spiro atoms. The van der Waals surface area contributed by atoms with Crippen molar-refractivity contribution in [1.82, 2.24) is 10.3 Å². The van der Waals surface area contributed by atoms with Gasteiger partial charge in [-0.1, -0.05) is 19.8 Å². The van der Waals surface area contributed by atoms with Crippen molar-refractivity contribution in [2.75, 3.05) is 11.1 Å². The summed E-state index contributed by atoms with van der Waals surface area (Å²) in [5, 5.41) is 7.60. The summed E-state index contributed by atoms with van der Waals surface area (Å²) < 4.78 is 5.26. The molecule has 2 N–H and O–H groups in total. The second-order valence-corrected chi connectivity index (χ2v) is 8.18. The first kappa shape index (κ1) is 22.9. The van der Waals surface area contributed by atoms with E-state index < -0.39 is 6.04 Å². The Hall–Kier alpha value is -2.39. The molecule has 1 atom stereocenters. The number of thiazole rings is 1. The Kier molecular flexibility index (Phi) is 9.66. The highest BCUT2D eigenvalue weighted by Crippen LogP contribution is 2.16. The second-order valence-electron chi connectivity index (χ2n) is 6.33. The van der Waals surface area contributed by atoms with Gasteiger partial charge < -0.3 is 15.1 Å². The summed E-state index contributed by atoms with van der Waals surface area (Å²) >= 11 is 2.75. The van der Waals surface area contributed by atoms with Gasteiger partial charge >= 0.3 is 0 Å². The minimum atomic E-state index is -0.512. The summed E-state index contributed by atoms with van der Waals surface area (Å²) in [6, 6.07) is 3.17. The largest absolute Gasteiger partial charge is 0.468 e. The smallest absolute Gasteiger partial charge is 0.244 e. The van der Waals surface area contributed by atoms with Crippen LogP contribution in [0.3, 0.4) is 0 Å². The quantitative estimate of drug-likeness (QED) is 0.491. The zero-order valence-electron chi connectivity index (χ0n) is 16.5. The minimum absolute atomic E-state index is 0.00152. The third-order valence-corrected chi connectivity index (χ3v) is 5.58. The highest BCUT2D eigenvalue weighted by atomic mass is 32.2. The van der Waals surface area contributed by atoms with Gasteiger partial charge in [0.05, 0.1) is 29.5 Å². The number of ketones is 1. The van der Waals surface area contributed by atoms with E-state index in [0.717, 1.165) is 18.6 Å². The molecule has 0 fully saturated rings. The molecule has 2 aromatic rings. The SMILES string of the molecule is CCCCC(NC(=O)C=Cc1csc(NC(C)=O)n1)C(=O)CSCc1ccco1. The van der Waals surface area contributed by atoms with Crippen molar-refractivity contribution in [2.24, 2.45) is 0 Å². The van der Waals surface area contributed by atoms with Crippen LogP contribution in [0.2, 0.25) is 0 Å². The number of hydrogen-bond donors (Lipinski definition) is 2. The normalized spacial score (nSPS) is 12.1. The number of unbranched alkanes of at least 4 members (excludes halogenated alkanes) is 1. The van der Waals surface area contributed by atoms with Gasteiger partial charge in [-0.25, -0.2) is 4.98 Å². The van der Waals surface area contributed by atoms with Crippen LogP contribution in [0.25, 0.3) is 6.08 Å². The fourth-order valence-electron chi connectivity index (χ4n) is 2.42. The molecule has 156 valence electrons. The highest BCUT2D eigenvalue weighted by Gasteiger charge is 2.19. The van der Waals surface area contributed by atoms with E-state index in [4.69, 9.17) is 4.42 Å². The number of carbonyl (C=O) groups is 3. The summed E-state index contributed by atoms with van der Waals surface area (Å²) in [6.45, 7) is 3.45. The second kappa shape index (κ2) is 12.2. The van der Waals surface area contributed by atoms with E-state index in [1.807, 2.05) is 19.1 Å². The lowest BCUT2D eigenvalue weighted by molar-refractivity contribution is -0.124. The van der Waals surface area contributed by atoms with Crippen LogP contribution in [0.4, 0.5) is 5.13 Å². The van der Waals surface area contributed by atoms with Gasteiger partial charge in [-0.2, -0.15) is 0 Å². The maximum absolute atomic E-state index is 12.6. The van der Waals surface area contributed by atoms with E-state index in [1.165, 1.54) is 36.1 Å². The molecule has 0 aliphatic rings. The van der Waals surface area contributed by atoms with Crippen molar-refractivity contribution in [3.63, 3.8) is 0 Å². The average molecular weight is 436 g/mol. The molecule has 0 aromatic carbocycles. The molecule has 0 radical (unpaired) electrons. The summed E-state index contributed by atoms with van der Waals surface area (Å²) in [4.78, 5) is 40.1. The van der Waals surface area contributed by atoms with Gasteiger partial charge in [0, 0.05) is 18.4 Å². The Morgan fingerprint density at radius 2 is 2.21 bits per heavy atom. The van der Waals surface area contributed by atoms with Gasteiger partial charge in [0.2, 0.25) is 11.8 Å². The predicted molar refractivity (Wildman–Crippen MR) is 117 cm³/mol. The molecule has 2 rings (SSSR count). The maximum Gasteiger partial charge on any atom is 0.244 e. The van der Waals surface area contributed by atoms with Crippen molar-refractivity contribution in [3.05, 3.63) is 41.3 Å². The van der Waals surface area contributed by atoms with Gasteiger partial charge in [-0.15, -0.1) is 23.1 Å². The molecule has 0 aliphatic carbocycles. The van der Waals surface area contributed by atoms with Crippen LogP contribution in [-0.4, -0.2) is 34.4 Å². The van der Waals surface area contributed by atoms with Crippen LogP contribution in [0, 0.1) is 0 Å². The van der Waals surface area contributed by atoms with Gasteiger partial charge in [0.15, 0.2) is 10.9 Å². The van der Waals surface area contributed by atoms with Crippen molar-refractivity contribution in [2.45, 2.75) is 44.9 Å². The van der Waals surface area contributed by atoms with Crippen molar-refractivity contribution >= 4 is 51.9 Å². The molecule has 29 heavy (non-hydrogen) atoms. The Morgan fingerprint density at radius 3 is 2.90 bits per heavy atom. The van der Waals surface area contributed by atoms with E-state index in [0.29, 0.717) is 28.8 Å². The van der Waals surface area contributed by atoms with Crippen LogP contribution in [0.1, 0.15) is 44.6 Å². The summed E-state index contributed by atoms with van der Waals surface area (Å²) in [5.74, 6) is 1.21. The molecule has 2 aromatic heterocycles. The zero-order valence-corrected chi connectivity index (χ0v) is 18.1. The average Bonchev–Trinajstić information content (AvgIpc) is 3.35. The van der Waals surface area contributed by atoms with Gasteiger partial charge in [0.1, 0.15) is 5.76 Å². The van der Waals surface area contributed by atoms with Gasteiger partial charge in [0.25, 0.3) is 0 Å². The van der Waals surface area contributed by atoms with E-state index in [1.54, 1.807) is 17.7 Å². The molecule has 0 bridgehead atoms. The Balaban J connectivity index is 1.86. The van der Waals surface area contributed by atoms with Crippen molar-refractivity contribution in [3.8, 4) is 0 Å². The first-order chi connectivity index (χ1) is 14.0. The Labute approximate surface area is 178 Å². The monoisotopic (exact) mass is 435 g/mol. The van der Waals surface area contributed by atoms with Crippen LogP contribution in [0.15, 0.2) is 34.3 Å². The predicted octanol–water partition coefficient (Wildman–Crippen LogP) is 3.89. The number of nitrogens with zero attached hydrogens (tertiary/aromatic N) is 1. The summed E-state index contributed by atoms with van der Waals surface area (Å²) in [6.07, 6.45) is 6.93. The maximum atomic E-state index is 12.6. The number of nitrogens with one attached hydrogen (secondary N) is 2. The third kappa shape index (κ3) is 8.66. The van der Waals surface area contributed by atoms with Crippen LogP contribution in [0.5, 0.6) is 0 Å². The minimum Gasteiger partial charge on any atom is -0.468 e. The summed E-state index contributed by atoms with van der Waals surface area (Å²) in [5.41, 5.74) is 0.569. The number of rotatable bonds is 12. The van der Waals surface area contributed by atoms with E-state index in [-0.39, 0.29) is 17.6 Å². The highest BCUT2D eigenvalue weighted by molar-refractivity contribution is 7.99. The topological polar surface area (TPSA) is 101 Å².